The van der Waals surface area contributed by atoms with Crippen molar-refractivity contribution in [3.8, 4) is 0 Å². The van der Waals surface area contributed by atoms with Crippen LogP contribution in [0, 0.1) is 0 Å². The molecule has 1 aliphatic carbocycles. The molecular formula is C11H22N2O2. The summed E-state index contributed by atoms with van der Waals surface area (Å²) in [5.41, 5.74) is 5.94. The highest BCUT2D eigenvalue weighted by Gasteiger charge is 2.22. The Kier molecular flexibility index (Phi) is 5.65. The first kappa shape index (κ1) is 12.5. The Bertz CT molecular complexity index is 197. The molecule has 15 heavy (non-hydrogen) atoms. The number of nitrogens with two attached hydrogens (primary N) is 1. The number of ether oxygens (including phenoxy) is 1. The Hall–Kier alpha value is -0.610. The first-order valence-corrected chi connectivity index (χ1v) is 5.86. The van der Waals surface area contributed by atoms with Gasteiger partial charge >= 0.3 is 0 Å². The molecule has 0 aromatic rings. The van der Waals surface area contributed by atoms with Gasteiger partial charge < -0.3 is 15.8 Å². The van der Waals surface area contributed by atoms with Crippen molar-refractivity contribution in [1.82, 2.24) is 5.32 Å². The van der Waals surface area contributed by atoms with Crippen molar-refractivity contribution >= 4 is 5.91 Å². The number of nitrogens with one attached hydrogen (secondary N) is 1. The van der Waals surface area contributed by atoms with Crippen LogP contribution in [0.3, 0.4) is 0 Å². The smallest absolute Gasteiger partial charge is 0.222 e. The summed E-state index contributed by atoms with van der Waals surface area (Å²) in [6.07, 6.45) is 4.84. The highest BCUT2D eigenvalue weighted by atomic mass is 16.5. The standard InChI is InChI=1S/C11H22N2O2/c1-2-15-8-7-11(14)13-10-6-4-3-5-9(10)12/h9-10H,2-8,12H2,1H3,(H,13,14)/t9-,10-/m1/s1. The molecule has 0 aromatic carbocycles. The van der Waals surface area contributed by atoms with Crippen LogP contribution in [-0.4, -0.2) is 31.2 Å². The molecule has 0 unspecified atom stereocenters. The van der Waals surface area contributed by atoms with E-state index in [4.69, 9.17) is 10.5 Å². The predicted molar refractivity (Wildman–Crippen MR) is 59.5 cm³/mol. The average Bonchev–Trinajstić information content (AvgIpc) is 2.22. The molecule has 0 heterocycles. The Labute approximate surface area is 91.5 Å². The molecule has 0 aliphatic heterocycles. The fourth-order valence-electron chi connectivity index (χ4n) is 1.93. The second-order valence-corrected chi connectivity index (χ2v) is 4.07. The van der Waals surface area contributed by atoms with Gasteiger partial charge in [0.1, 0.15) is 0 Å². The minimum absolute atomic E-state index is 0.0609. The molecule has 88 valence electrons. The van der Waals surface area contributed by atoms with Gasteiger partial charge in [-0.1, -0.05) is 12.8 Å². The second kappa shape index (κ2) is 6.80. The number of rotatable bonds is 5. The molecule has 2 atom stereocenters. The quantitative estimate of drug-likeness (QED) is 0.665. The molecule has 0 bridgehead atoms. The maximum Gasteiger partial charge on any atom is 0.222 e. The summed E-state index contributed by atoms with van der Waals surface area (Å²) in [4.78, 5) is 11.5. The molecule has 4 heteroatoms. The zero-order valence-corrected chi connectivity index (χ0v) is 9.50. The van der Waals surface area contributed by atoms with Crippen LogP contribution in [0.25, 0.3) is 0 Å². The van der Waals surface area contributed by atoms with E-state index in [1.54, 1.807) is 0 Å². The number of amides is 1. The molecule has 0 saturated heterocycles. The minimum atomic E-state index is 0.0609. The number of carbonyl (C=O) groups excluding carboxylic acids is 1. The lowest BCUT2D eigenvalue weighted by atomic mass is 9.91. The number of hydrogen-bond acceptors (Lipinski definition) is 3. The molecule has 1 fully saturated rings. The Morgan fingerprint density at radius 2 is 2.20 bits per heavy atom. The third kappa shape index (κ3) is 4.62. The van der Waals surface area contributed by atoms with Gasteiger partial charge in [-0.25, -0.2) is 0 Å². The molecule has 1 aliphatic rings. The molecular weight excluding hydrogens is 192 g/mol. The molecule has 1 amide bonds. The summed E-state index contributed by atoms with van der Waals surface area (Å²) in [6.45, 7) is 3.09. The minimum Gasteiger partial charge on any atom is -0.381 e. The van der Waals surface area contributed by atoms with E-state index >= 15 is 0 Å². The highest BCUT2D eigenvalue weighted by Crippen LogP contribution is 2.16. The maximum absolute atomic E-state index is 11.5. The summed E-state index contributed by atoms with van der Waals surface area (Å²) >= 11 is 0. The van der Waals surface area contributed by atoms with Crippen molar-refractivity contribution in [2.24, 2.45) is 5.73 Å². The fourth-order valence-corrected chi connectivity index (χ4v) is 1.93. The zero-order chi connectivity index (χ0) is 11.1. The van der Waals surface area contributed by atoms with Gasteiger partial charge in [0.2, 0.25) is 5.91 Å². The second-order valence-electron chi connectivity index (χ2n) is 4.07. The van der Waals surface area contributed by atoms with Gasteiger partial charge in [0.05, 0.1) is 6.61 Å². The summed E-state index contributed by atoms with van der Waals surface area (Å²) in [7, 11) is 0. The van der Waals surface area contributed by atoms with Gasteiger partial charge in [0, 0.05) is 25.1 Å². The summed E-state index contributed by atoms with van der Waals surface area (Å²) in [5, 5.41) is 2.98. The summed E-state index contributed by atoms with van der Waals surface area (Å²) in [5.74, 6) is 0.0609. The predicted octanol–water partition coefficient (Wildman–Crippen LogP) is 0.799. The van der Waals surface area contributed by atoms with Crippen LogP contribution in [0.1, 0.15) is 39.0 Å². The van der Waals surface area contributed by atoms with E-state index < -0.39 is 0 Å². The van der Waals surface area contributed by atoms with Crippen LogP contribution in [0.15, 0.2) is 0 Å². The van der Waals surface area contributed by atoms with E-state index in [2.05, 4.69) is 5.32 Å². The van der Waals surface area contributed by atoms with Crippen molar-refractivity contribution in [1.29, 1.82) is 0 Å². The number of carbonyl (C=O) groups is 1. The van der Waals surface area contributed by atoms with Crippen LogP contribution >= 0.6 is 0 Å². The SMILES string of the molecule is CCOCCC(=O)N[C@@H]1CCCC[C@H]1N. The van der Waals surface area contributed by atoms with Crippen LogP contribution in [-0.2, 0) is 9.53 Å². The number of hydrogen-bond donors (Lipinski definition) is 2. The summed E-state index contributed by atoms with van der Waals surface area (Å²) < 4.78 is 5.13. The highest BCUT2D eigenvalue weighted by molar-refractivity contribution is 5.76. The van der Waals surface area contributed by atoms with E-state index in [1.807, 2.05) is 6.92 Å². The summed E-state index contributed by atoms with van der Waals surface area (Å²) in [6, 6.07) is 0.308. The molecule has 0 spiro atoms. The third-order valence-electron chi connectivity index (χ3n) is 2.84. The largest absolute Gasteiger partial charge is 0.381 e. The first-order chi connectivity index (χ1) is 7.24. The van der Waals surface area contributed by atoms with Crippen molar-refractivity contribution in [3.05, 3.63) is 0 Å². The lowest BCUT2D eigenvalue weighted by Crippen LogP contribution is -2.49. The van der Waals surface area contributed by atoms with Gasteiger partial charge in [0.25, 0.3) is 0 Å². The van der Waals surface area contributed by atoms with Crippen molar-refractivity contribution in [2.45, 2.75) is 51.1 Å². The van der Waals surface area contributed by atoms with Crippen molar-refractivity contribution < 1.29 is 9.53 Å². The maximum atomic E-state index is 11.5. The van der Waals surface area contributed by atoms with Crippen LogP contribution in [0.4, 0.5) is 0 Å². The van der Waals surface area contributed by atoms with Crippen LogP contribution in [0.2, 0.25) is 0 Å². The average molecular weight is 214 g/mol. The topological polar surface area (TPSA) is 64.3 Å². The molecule has 0 radical (unpaired) electrons. The van der Waals surface area contributed by atoms with E-state index in [-0.39, 0.29) is 18.0 Å². The zero-order valence-electron chi connectivity index (χ0n) is 9.50. The molecule has 0 aromatic heterocycles. The Morgan fingerprint density at radius 1 is 1.47 bits per heavy atom. The van der Waals surface area contributed by atoms with Gasteiger partial charge in [-0.2, -0.15) is 0 Å². The van der Waals surface area contributed by atoms with E-state index in [9.17, 15) is 4.79 Å². The normalized spacial score (nSPS) is 26.3. The van der Waals surface area contributed by atoms with Gasteiger partial charge in [0.15, 0.2) is 0 Å². The third-order valence-corrected chi connectivity index (χ3v) is 2.84. The molecule has 3 N–H and O–H groups in total. The van der Waals surface area contributed by atoms with E-state index in [0.29, 0.717) is 19.6 Å². The Morgan fingerprint density at radius 3 is 2.87 bits per heavy atom. The van der Waals surface area contributed by atoms with Gasteiger partial charge in [-0.15, -0.1) is 0 Å². The van der Waals surface area contributed by atoms with Gasteiger partial charge in [-0.05, 0) is 19.8 Å². The lowest BCUT2D eigenvalue weighted by molar-refractivity contribution is -0.123. The lowest BCUT2D eigenvalue weighted by Gasteiger charge is -2.29. The van der Waals surface area contributed by atoms with Crippen molar-refractivity contribution in [2.75, 3.05) is 13.2 Å². The Balaban J connectivity index is 2.18. The molecule has 4 nitrogen and oxygen atoms in total. The van der Waals surface area contributed by atoms with Crippen molar-refractivity contribution in [3.63, 3.8) is 0 Å². The van der Waals surface area contributed by atoms with Gasteiger partial charge in [-0.3, -0.25) is 4.79 Å². The van der Waals surface area contributed by atoms with E-state index in [1.165, 1.54) is 12.8 Å². The fraction of sp³-hybridized carbons (Fsp3) is 0.909. The monoisotopic (exact) mass is 214 g/mol. The van der Waals surface area contributed by atoms with Crippen LogP contribution in [0.5, 0.6) is 0 Å². The molecule has 1 rings (SSSR count). The van der Waals surface area contributed by atoms with Crippen LogP contribution < -0.4 is 11.1 Å². The molecule has 1 saturated carbocycles. The first-order valence-electron chi connectivity index (χ1n) is 5.86. The van der Waals surface area contributed by atoms with E-state index in [0.717, 1.165) is 12.8 Å².